The maximum Gasteiger partial charge on any atom is 0.181 e. The van der Waals surface area contributed by atoms with Crippen molar-refractivity contribution in [3.8, 4) is 11.5 Å². The third kappa shape index (κ3) is 1.23. The van der Waals surface area contributed by atoms with Crippen LogP contribution in [0.3, 0.4) is 0 Å². The summed E-state index contributed by atoms with van der Waals surface area (Å²) in [5.41, 5.74) is 3.78. The normalized spacial score (nSPS) is 20.6. The topological polar surface area (TPSA) is 46.1 Å². The van der Waals surface area contributed by atoms with Crippen LogP contribution < -0.4 is 15.2 Å². The standard InChI is InChI=1S/C9H11NO2/c10-5-7-6-11-8-3-1-2-4-9(8)12-7/h1-4,7H,5-6,10H2/p+1/t7-/m0/s1. The van der Waals surface area contributed by atoms with Gasteiger partial charge in [-0.05, 0) is 12.1 Å². The molecule has 3 heteroatoms. The fourth-order valence-corrected chi connectivity index (χ4v) is 1.21. The van der Waals surface area contributed by atoms with Crippen molar-refractivity contribution in [3.05, 3.63) is 24.3 Å². The first kappa shape index (κ1) is 7.43. The molecule has 64 valence electrons. The lowest BCUT2D eigenvalue weighted by atomic mass is 10.2. The van der Waals surface area contributed by atoms with Crippen LogP contribution in [0.1, 0.15) is 0 Å². The first-order valence-corrected chi connectivity index (χ1v) is 4.08. The molecule has 0 saturated heterocycles. The first-order chi connectivity index (χ1) is 5.90. The number of hydrogen-bond donors (Lipinski definition) is 1. The summed E-state index contributed by atoms with van der Waals surface area (Å²) in [5, 5.41) is 0. The second kappa shape index (κ2) is 3.03. The van der Waals surface area contributed by atoms with Crippen molar-refractivity contribution >= 4 is 0 Å². The first-order valence-electron chi connectivity index (χ1n) is 4.08. The molecule has 0 amide bonds. The van der Waals surface area contributed by atoms with Gasteiger partial charge in [-0.1, -0.05) is 12.1 Å². The van der Waals surface area contributed by atoms with Gasteiger partial charge >= 0.3 is 0 Å². The molecular formula is C9H12NO2+. The predicted octanol–water partition coefficient (Wildman–Crippen LogP) is 0.0683. The molecule has 1 atom stereocenters. The van der Waals surface area contributed by atoms with Gasteiger partial charge in [-0.3, -0.25) is 0 Å². The molecule has 0 unspecified atom stereocenters. The van der Waals surface area contributed by atoms with E-state index in [1.807, 2.05) is 24.3 Å². The van der Waals surface area contributed by atoms with Gasteiger partial charge in [0.1, 0.15) is 13.2 Å². The molecule has 3 nitrogen and oxygen atoms in total. The van der Waals surface area contributed by atoms with Crippen molar-refractivity contribution in [3.63, 3.8) is 0 Å². The fraction of sp³-hybridized carbons (Fsp3) is 0.333. The van der Waals surface area contributed by atoms with Crippen LogP contribution in [0.15, 0.2) is 24.3 Å². The molecule has 1 aromatic rings. The highest BCUT2D eigenvalue weighted by molar-refractivity contribution is 5.40. The Bertz CT molecular complexity index is 275. The average Bonchev–Trinajstić information content (AvgIpc) is 2.17. The van der Waals surface area contributed by atoms with Crippen LogP contribution in [0.5, 0.6) is 11.5 Å². The lowest BCUT2D eigenvalue weighted by molar-refractivity contribution is -0.383. The van der Waals surface area contributed by atoms with Gasteiger partial charge in [0.15, 0.2) is 17.6 Å². The monoisotopic (exact) mass is 166 g/mol. The fourth-order valence-electron chi connectivity index (χ4n) is 1.21. The summed E-state index contributed by atoms with van der Waals surface area (Å²) in [6.45, 7) is 1.36. The molecule has 3 N–H and O–H groups in total. The minimum Gasteiger partial charge on any atom is -0.486 e. The minimum absolute atomic E-state index is 0.111. The van der Waals surface area contributed by atoms with Crippen molar-refractivity contribution in [1.29, 1.82) is 0 Å². The van der Waals surface area contributed by atoms with Gasteiger partial charge in [-0.25, -0.2) is 0 Å². The maximum absolute atomic E-state index is 5.59. The van der Waals surface area contributed by atoms with Gasteiger partial charge in [0.2, 0.25) is 0 Å². The number of fused-ring (bicyclic) bond motifs is 1. The van der Waals surface area contributed by atoms with E-state index in [0.717, 1.165) is 18.0 Å². The third-order valence-corrected chi connectivity index (χ3v) is 1.89. The van der Waals surface area contributed by atoms with E-state index in [4.69, 9.17) is 9.47 Å². The zero-order valence-corrected chi connectivity index (χ0v) is 6.82. The van der Waals surface area contributed by atoms with Gasteiger partial charge in [0.25, 0.3) is 0 Å². The van der Waals surface area contributed by atoms with E-state index in [2.05, 4.69) is 5.73 Å². The second-order valence-corrected chi connectivity index (χ2v) is 2.79. The number of ether oxygens (including phenoxy) is 2. The van der Waals surface area contributed by atoms with E-state index in [0.29, 0.717) is 6.61 Å². The largest absolute Gasteiger partial charge is 0.486 e. The second-order valence-electron chi connectivity index (χ2n) is 2.79. The van der Waals surface area contributed by atoms with Crippen molar-refractivity contribution in [2.24, 2.45) is 0 Å². The summed E-state index contributed by atoms with van der Waals surface area (Å²) in [5.74, 6) is 1.67. The Hall–Kier alpha value is -1.22. The zero-order chi connectivity index (χ0) is 8.39. The lowest BCUT2D eigenvalue weighted by Gasteiger charge is -2.23. The van der Waals surface area contributed by atoms with E-state index in [1.165, 1.54) is 0 Å². The quantitative estimate of drug-likeness (QED) is 0.641. The van der Waals surface area contributed by atoms with Crippen LogP contribution in [-0.2, 0) is 0 Å². The van der Waals surface area contributed by atoms with Crippen LogP contribution in [0.25, 0.3) is 0 Å². The molecule has 1 aliphatic heterocycles. The summed E-state index contributed by atoms with van der Waals surface area (Å²) in [4.78, 5) is 0. The van der Waals surface area contributed by atoms with Crippen LogP contribution in [0.4, 0.5) is 0 Å². The Morgan fingerprint density at radius 1 is 1.33 bits per heavy atom. The molecule has 0 bridgehead atoms. The Labute approximate surface area is 71.1 Å². The Morgan fingerprint density at radius 3 is 2.83 bits per heavy atom. The number of quaternary nitrogens is 1. The zero-order valence-electron chi connectivity index (χ0n) is 6.82. The smallest absolute Gasteiger partial charge is 0.181 e. The van der Waals surface area contributed by atoms with Crippen LogP contribution in [0, 0.1) is 0 Å². The molecule has 1 heterocycles. The molecular weight excluding hydrogens is 154 g/mol. The lowest BCUT2D eigenvalue weighted by Crippen LogP contribution is -2.59. The van der Waals surface area contributed by atoms with E-state index >= 15 is 0 Å². The van der Waals surface area contributed by atoms with Gasteiger partial charge in [-0.15, -0.1) is 0 Å². The Morgan fingerprint density at radius 2 is 2.08 bits per heavy atom. The van der Waals surface area contributed by atoms with Crippen LogP contribution in [-0.4, -0.2) is 19.3 Å². The summed E-state index contributed by atoms with van der Waals surface area (Å²) < 4.78 is 11.1. The van der Waals surface area contributed by atoms with E-state index in [-0.39, 0.29) is 6.10 Å². The summed E-state index contributed by atoms with van der Waals surface area (Å²) in [7, 11) is 0. The molecule has 0 radical (unpaired) electrons. The summed E-state index contributed by atoms with van der Waals surface area (Å²) in [6, 6.07) is 7.70. The van der Waals surface area contributed by atoms with Gasteiger partial charge in [0.05, 0.1) is 0 Å². The van der Waals surface area contributed by atoms with Gasteiger partial charge in [0, 0.05) is 0 Å². The van der Waals surface area contributed by atoms with Crippen molar-refractivity contribution in [1.82, 2.24) is 0 Å². The Kier molecular flexibility index (Phi) is 1.87. The summed E-state index contributed by atoms with van der Waals surface area (Å²) >= 11 is 0. The molecule has 1 aliphatic rings. The van der Waals surface area contributed by atoms with Gasteiger partial charge in [-0.2, -0.15) is 0 Å². The van der Waals surface area contributed by atoms with Crippen LogP contribution >= 0.6 is 0 Å². The van der Waals surface area contributed by atoms with Crippen molar-refractivity contribution in [2.75, 3.05) is 13.2 Å². The Balaban J connectivity index is 2.23. The molecule has 0 aromatic heterocycles. The van der Waals surface area contributed by atoms with E-state index in [1.54, 1.807) is 0 Å². The molecule has 1 aromatic carbocycles. The highest BCUT2D eigenvalue weighted by atomic mass is 16.6. The third-order valence-electron chi connectivity index (χ3n) is 1.89. The average molecular weight is 166 g/mol. The summed E-state index contributed by atoms with van der Waals surface area (Å²) in [6.07, 6.45) is 0.111. The van der Waals surface area contributed by atoms with Crippen LogP contribution in [0.2, 0.25) is 0 Å². The van der Waals surface area contributed by atoms with Crippen molar-refractivity contribution < 1.29 is 15.2 Å². The van der Waals surface area contributed by atoms with E-state index in [9.17, 15) is 0 Å². The molecule has 12 heavy (non-hydrogen) atoms. The van der Waals surface area contributed by atoms with E-state index < -0.39 is 0 Å². The number of rotatable bonds is 1. The predicted molar refractivity (Wildman–Crippen MR) is 44.1 cm³/mol. The molecule has 0 fully saturated rings. The minimum atomic E-state index is 0.111. The highest BCUT2D eigenvalue weighted by Gasteiger charge is 2.19. The molecule has 0 spiro atoms. The van der Waals surface area contributed by atoms with Gasteiger partial charge < -0.3 is 15.2 Å². The SMILES string of the molecule is [NH3+]C[C@H]1COc2ccccc2O1. The number of benzene rings is 1. The molecule has 2 rings (SSSR count). The molecule has 0 saturated carbocycles. The van der Waals surface area contributed by atoms with Crippen molar-refractivity contribution in [2.45, 2.75) is 6.10 Å². The maximum atomic E-state index is 5.59. The number of hydrogen-bond acceptors (Lipinski definition) is 2. The number of para-hydroxylation sites is 2. The highest BCUT2D eigenvalue weighted by Crippen LogP contribution is 2.30. The molecule has 0 aliphatic carbocycles.